The first kappa shape index (κ1) is 19.3. The number of nitrogens with zero attached hydrogens (tertiary/aromatic N) is 1. The Morgan fingerprint density at radius 2 is 1.73 bits per heavy atom. The molecule has 0 aliphatic carbocycles. The lowest BCUT2D eigenvalue weighted by atomic mass is 10.2. The van der Waals surface area contributed by atoms with Crippen molar-refractivity contribution in [2.75, 3.05) is 6.61 Å². The van der Waals surface area contributed by atoms with E-state index in [1.165, 1.54) is 0 Å². The molecule has 0 aliphatic heterocycles. The lowest BCUT2D eigenvalue weighted by Gasteiger charge is -2.12. The molecule has 11 heteroatoms. The molecule has 5 nitrogen and oxygen atoms in total. The van der Waals surface area contributed by atoms with Crippen LogP contribution < -0.4 is 9.47 Å². The lowest BCUT2D eigenvalue weighted by Crippen LogP contribution is -2.19. The third-order valence-electron chi connectivity index (χ3n) is 2.78. The Bertz CT molecular complexity index is 803. The number of alkyl halides is 6. The molecule has 140 valence electrons. The summed E-state index contributed by atoms with van der Waals surface area (Å²) in [4.78, 5) is 14.5. The van der Waals surface area contributed by atoms with Crippen molar-refractivity contribution in [2.24, 2.45) is 0 Å². The van der Waals surface area contributed by atoms with Gasteiger partial charge in [-0.15, -0.1) is 0 Å². The Balaban J connectivity index is 2.31. The average molecular weight is 381 g/mol. The maximum absolute atomic E-state index is 12.7. The number of carboxylic acid groups (broad SMARTS) is 1. The Morgan fingerprint density at radius 3 is 2.31 bits per heavy atom. The molecule has 1 aromatic heterocycles. The third-order valence-corrected chi connectivity index (χ3v) is 2.78. The number of benzene rings is 1. The molecule has 2 aromatic rings. The van der Waals surface area contributed by atoms with Gasteiger partial charge in [0.05, 0.1) is 5.56 Å². The van der Waals surface area contributed by atoms with Gasteiger partial charge in [0, 0.05) is 12.1 Å². The van der Waals surface area contributed by atoms with Crippen LogP contribution in [0.3, 0.4) is 0 Å². The molecule has 0 radical (unpaired) electrons. The second-order valence-corrected chi connectivity index (χ2v) is 4.86. The van der Waals surface area contributed by atoms with E-state index in [2.05, 4.69) is 9.72 Å². The topological polar surface area (TPSA) is 68.7 Å². The van der Waals surface area contributed by atoms with Gasteiger partial charge in [0.2, 0.25) is 5.88 Å². The lowest BCUT2D eigenvalue weighted by molar-refractivity contribution is -0.153. The van der Waals surface area contributed by atoms with Gasteiger partial charge in [0.15, 0.2) is 12.3 Å². The van der Waals surface area contributed by atoms with Crippen LogP contribution in [-0.4, -0.2) is 28.8 Å². The molecular formula is C15H9F6NO4. The van der Waals surface area contributed by atoms with Crippen molar-refractivity contribution < 1.29 is 45.7 Å². The number of halogens is 6. The van der Waals surface area contributed by atoms with Gasteiger partial charge in [-0.1, -0.05) is 6.07 Å². The monoisotopic (exact) mass is 381 g/mol. The third kappa shape index (κ3) is 5.53. The van der Waals surface area contributed by atoms with Gasteiger partial charge >= 0.3 is 18.3 Å². The van der Waals surface area contributed by atoms with E-state index in [0.29, 0.717) is 6.07 Å². The number of carbonyl (C=O) groups is 1. The van der Waals surface area contributed by atoms with Crippen LogP contribution in [0.25, 0.3) is 0 Å². The van der Waals surface area contributed by atoms with Gasteiger partial charge in [-0.3, -0.25) is 0 Å². The van der Waals surface area contributed by atoms with Gasteiger partial charge in [0.1, 0.15) is 11.5 Å². The van der Waals surface area contributed by atoms with Crippen LogP contribution in [0.15, 0.2) is 36.4 Å². The predicted octanol–water partition coefficient (Wildman–Crippen LogP) is 4.53. The number of hydrogen-bond donors (Lipinski definition) is 1. The molecule has 1 aromatic carbocycles. The van der Waals surface area contributed by atoms with Gasteiger partial charge in [-0.05, 0) is 18.2 Å². The molecule has 1 N–H and O–H groups in total. The highest BCUT2D eigenvalue weighted by Crippen LogP contribution is 2.33. The Morgan fingerprint density at radius 1 is 1.04 bits per heavy atom. The summed E-state index contributed by atoms with van der Waals surface area (Å²) in [5.74, 6) is -2.98. The first-order valence-electron chi connectivity index (χ1n) is 6.74. The Hall–Kier alpha value is -2.98. The number of ether oxygens (including phenoxy) is 2. The van der Waals surface area contributed by atoms with Crippen molar-refractivity contribution in [3.63, 3.8) is 0 Å². The number of pyridine rings is 1. The summed E-state index contributed by atoms with van der Waals surface area (Å²) in [5.41, 5.74) is -1.73. The highest BCUT2D eigenvalue weighted by atomic mass is 19.4. The summed E-state index contributed by atoms with van der Waals surface area (Å²) >= 11 is 0. The Kier molecular flexibility index (Phi) is 5.28. The van der Waals surface area contributed by atoms with Crippen LogP contribution in [0.4, 0.5) is 26.3 Å². The van der Waals surface area contributed by atoms with Gasteiger partial charge in [0.25, 0.3) is 0 Å². The average Bonchev–Trinajstić information content (AvgIpc) is 2.51. The van der Waals surface area contributed by atoms with E-state index in [1.54, 1.807) is 0 Å². The number of aromatic carboxylic acids is 1. The maximum Gasteiger partial charge on any atom is 0.422 e. The number of carboxylic acids is 1. The minimum Gasteiger partial charge on any atom is -0.484 e. The first-order chi connectivity index (χ1) is 11.9. The summed E-state index contributed by atoms with van der Waals surface area (Å²) in [6, 6.07) is 5.16. The molecule has 0 saturated heterocycles. The Labute approximate surface area is 141 Å². The summed E-state index contributed by atoms with van der Waals surface area (Å²) in [5, 5.41) is 8.93. The minimum atomic E-state index is -4.67. The second-order valence-electron chi connectivity index (χ2n) is 4.86. The van der Waals surface area contributed by atoms with Crippen LogP contribution in [0, 0.1) is 0 Å². The fourth-order valence-electron chi connectivity index (χ4n) is 1.75. The molecule has 2 rings (SSSR count). The predicted molar refractivity (Wildman–Crippen MR) is 74.3 cm³/mol. The van der Waals surface area contributed by atoms with E-state index in [9.17, 15) is 31.1 Å². The van der Waals surface area contributed by atoms with Crippen LogP contribution in [0.5, 0.6) is 17.4 Å². The zero-order valence-corrected chi connectivity index (χ0v) is 12.6. The summed E-state index contributed by atoms with van der Waals surface area (Å²) in [7, 11) is 0. The van der Waals surface area contributed by atoms with Gasteiger partial charge < -0.3 is 14.6 Å². The highest BCUT2D eigenvalue weighted by Gasteiger charge is 2.31. The molecule has 1 heterocycles. The van der Waals surface area contributed by atoms with Crippen molar-refractivity contribution in [3.05, 3.63) is 47.7 Å². The van der Waals surface area contributed by atoms with E-state index < -0.39 is 47.8 Å². The van der Waals surface area contributed by atoms with Crippen LogP contribution in [-0.2, 0) is 6.18 Å². The van der Waals surface area contributed by atoms with E-state index in [1.807, 2.05) is 0 Å². The molecule has 0 saturated carbocycles. The molecule has 0 unspecified atom stereocenters. The van der Waals surface area contributed by atoms with E-state index >= 15 is 0 Å². The SMILES string of the molecule is O=C(O)c1cc(OCC(F)(F)F)cc(Oc2cccc(C(F)(F)F)c2)n1. The second kappa shape index (κ2) is 7.10. The molecule has 26 heavy (non-hydrogen) atoms. The molecule has 0 atom stereocenters. The maximum atomic E-state index is 12.7. The molecular weight excluding hydrogens is 372 g/mol. The van der Waals surface area contributed by atoms with Gasteiger partial charge in [-0.25, -0.2) is 9.78 Å². The van der Waals surface area contributed by atoms with E-state index in [-0.39, 0.29) is 5.75 Å². The van der Waals surface area contributed by atoms with Crippen LogP contribution >= 0.6 is 0 Å². The van der Waals surface area contributed by atoms with Crippen LogP contribution in [0.1, 0.15) is 16.1 Å². The normalized spacial score (nSPS) is 11.9. The highest BCUT2D eigenvalue weighted by molar-refractivity contribution is 5.86. The first-order valence-corrected chi connectivity index (χ1v) is 6.74. The molecule has 0 fully saturated rings. The van der Waals surface area contributed by atoms with E-state index in [4.69, 9.17) is 9.84 Å². The zero-order chi connectivity index (χ0) is 19.5. The molecule has 0 spiro atoms. The summed E-state index contributed by atoms with van der Waals surface area (Å²) in [6.45, 7) is -1.70. The molecule has 0 amide bonds. The fourth-order valence-corrected chi connectivity index (χ4v) is 1.75. The molecule has 0 aliphatic rings. The summed E-state index contributed by atoms with van der Waals surface area (Å²) in [6.07, 6.45) is -9.31. The number of hydrogen-bond acceptors (Lipinski definition) is 4. The number of rotatable bonds is 5. The van der Waals surface area contributed by atoms with Crippen molar-refractivity contribution in [1.29, 1.82) is 0 Å². The van der Waals surface area contributed by atoms with Gasteiger partial charge in [-0.2, -0.15) is 26.3 Å². The van der Waals surface area contributed by atoms with Crippen LogP contribution in [0.2, 0.25) is 0 Å². The standard InChI is InChI=1S/C15H9F6NO4/c16-14(17,18)7-25-10-5-11(13(23)24)22-12(6-10)26-9-3-1-2-8(4-9)15(19,20)21/h1-6H,7H2,(H,23,24). The van der Waals surface area contributed by atoms with Crippen molar-refractivity contribution >= 4 is 5.97 Å². The quantitative estimate of drug-likeness (QED) is 0.771. The van der Waals surface area contributed by atoms with Crippen molar-refractivity contribution in [3.8, 4) is 17.4 Å². The fraction of sp³-hybridized carbons (Fsp3) is 0.200. The molecule has 0 bridgehead atoms. The summed E-state index contributed by atoms with van der Waals surface area (Å²) < 4.78 is 84.1. The van der Waals surface area contributed by atoms with Crippen molar-refractivity contribution in [1.82, 2.24) is 4.98 Å². The van der Waals surface area contributed by atoms with Crippen molar-refractivity contribution in [2.45, 2.75) is 12.4 Å². The zero-order valence-electron chi connectivity index (χ0n) is 12.6. The smallest absolute Gasteiger partial charge is 0.422 e. The number of aromatic nitrogens is 1. The van der Waals surface area contributed by atoms with E-state index in [0.717, 1.165) is 30.3 Å². The largest absolute Gasteiger partial charge is 0.484 e. The minimum absolute atomic E-state index is 0.336.